The summed E-state index contributed by atoms with van der Waals surface area (Å²) in [7, 11) is 0. The van der Waals surface area contributed by atoms with Crippen molar-refractivity contribution in [2.24, 2.45) is 0 Å². The van der Waals surface area contributed by atoms with Crippen LogP contribution in [0.15, 0.2) is 29.6 Å². The van der Waals surface area contributed by atoms with E-state index in [1.54, 1.807) is 10.3 Å². The van der Waals surface area contributed by atoms with Crippen molar-refractivity contribution in [3.63, 3.8) is 0 Å². The number of thiazole rings is 1. The van der Waals surface area contributed by atoms with Gasteiger partial charge in [0.2, 0.25) is 5.91 Å². The minimum atomic E-state index is -0.502. The van der Waals surface area contributed by atoms with Gasteiger partial charge in [-0.3, -0.25) is 19.7 Å². The molecule has 1 aromatic carbocycles. The number of amides is 3. The monoisotopic (exact) mass is 390 g/mol. The van der Waals surface area contributed by atoms with Crippen molar-refractivity contribution in [2.45, 2.75) is 19.3 Å². The Morgan fingerprint density at radius 2 is 2.15 bits per heavy atom. The zero-order chi connectivity index (χ0) is 19.2. The number of nitrogens with zero attached hydrogens (tertiary/aromatic N) is 2. The standard InChI is InChI=1S/C18H19FN4O3S/c19-13-5-1-4-12(10-13)16(25)22-18-21-14(11-27-18)17(26)20-7-3-9-23-8-2-6-15(23)24/h1,4-5,10-11H,2-3,6-9H2,(H,20,26)(H,21,22,25). The summed E-state index contributed by atoms with van der Waals surface area (Å²) in [6.45, 7) is 1.85. The van der Waals surface area contributed by atoms with Crippen molar-refractivity contribution in [3.8, 4) is 0 Å². The summed E-state index contributed by atoms with van der Waals surface area (Å²) in [5, 5.41) is 7.10. The van der Waals surface area contributed by atoms with Gasteiger partial charge in [-0.1, -0.05) is 6.07 Å². The summed E-state index contributed by atoms with van der Waals surface area (Å²) >= 11 is 1.11. The lowest BCUT2D eigenvalue weighted by Gasteiger charge is -2.14. The van der Waals surface area contributed by atoms with Gasteiger partial charge in [-0.05, 0) is 31.0 Å². The number of hydrogen-bond donors (Lipinski definition) is 2. The smallest absolute Gasteiger partial charge is 0.270 e. The second-order valence-electron chi connectivity index (χ2n) is 6.10. The van der Waals surface area contributed by atoms with Gasteiger partial charge in [-0.2, -0.15) is 0 Å². The van der Waals surface area contributed by atoms with E-state index in [1.165, 1.54) is 18.2 Å². The van der Waals surface area contributed by atoms with Gasteiger partial charge in [0, 0.05) is 37.0 Å². The van der Waals surface area contributed by atoms with Gasteiger partial charge in [0.05, 0.1) is 0 Å². The zero-order valence-electron chi connectivity index (χ0n) is 14.5. The zero-order valence-corrected chi connectivity index (χ0v) is 15.4. The molecule has 1 fully saturated rings. The first-order chi connectivity index (χ1) is 13.0. The van der Waals surface area contributed by atoms with E-state index in [2.05, 4.69) is 15.6 Å². The number of carbonyl (C=O) groups is 3. The Labute approximate surface area is 159 Å². The van der Waals surface area contributed by atoms with Crippen molar-refractivity contribution in [2.75, 3.05) is 25.0 Å². The third-order valence-corrected chi connectivity index (χ3v) is 4.86. The predicted molar refractivity (Wildman–Crippen MR) is 99.2 cm³/mol. The number of carbonyl (C=O) groups excluding carboxylic acids is 3. The number of rotatable bonds is 7. The van der Waals surface area contributed by atoms with Gasteiger partial charge in [0.25, 0.3) is 11.8 Å². The average Bonchev–Trinajstić information content (AvgIpc) is 3.28. The van der Waals surface area contributed by atoms with Crippen molar-refractivity contribution in [1.82, 2.24) is 15.2 Å². The van der Waals surface area contributed by atoms with E-state index in [1.807, 2.05) is 0 Å². The summed E-state index contributed by atoms with van der Waals surface area (Å²) in [6.07, 6.45) is 2.17. The molecule has 1 saturated heterocycles. The number of hydrogen-bond acceptors (Lipinski definition) is 5. The Balaban J connectivity index is 1.46. The molecule has 7 nitrogen and oxygen atoms in total. The third-order valence-electron chi connectivity index (χ3n) is 4.11. The molecule has 2 heterocycles. The quantitative estimate of drug-likeness (QED) is 0.710. The van der Waals surface area contributed by atoms with Crippen LogP contribution in [0, 0.1) is 5.82 Å². The molecule has 0 unspecified atom stereocenters. The molecule has 2 aromatic rings. The second kappa shape index (κ2) is 8.72. The van der Waals surface area contributed by atoms with E-state index in [-0.39, 0.29) is 28.2 Å². The average molecular weight is 390 g/mol. The van der Waals surface area contributed by atoms with E-state index in [9.17, 15) is 18.8 Å². The highest BCUT2D eigenvalue weighted by atomic mass is 32.1. The normalized spacial score (nSPS) is 13.7. The van der Waals surface area contributed by atoms with Crippen LogP contribution in [-0.2, 0) is 4.79 Å². The Morgan fingerprint density at radius 3 is 2.89 bits per heavy atom. The molecule has 0 saturated carbocycles. The number of likely N-dealkylation sites (tertiary alicyclic amines) is 1. The van der Waals surface area contributed by atoms with Gasteiger partial charge in [0.1, 0.15) is 11.5 Å². The van der Waals surface area contributed by atoms with Gasteiger partial charge in [-0.15, -0.1) is 11.3 Å². The lowest BCUT2D eigenvalue weighted by Crippen LogP contribution is -2.30. The number of aromatic nitrogens is 1. The molecule has 142 valence electrons. The van der Waals surface area contributed by atoms with E-state index < -0.39 is 11.7 Å². The molecule has 9 heteroatoms. The fraction of sp³-hybridized carbons (Fsp3) is 0.333. The summed E-state index contributed by atoms with van der Waals surface area (Å²) in [6, 6.07) is 5.31. The molecule has 0 atom stereocenters. The molecular weight excluding hydrogens is 371 g/mol. The summed E-state index contributed by atoms with van der Waals surface area (Å²) < 4.78 is 13.2. The number of anilines is 1. The molecule has 3 rings (SSSR count). The molecule has 27 heavy (non-hydrogen) atoms. The van der Waals surface area contributed by atoms with E-state index in [4.69, 9.17) is 0 Å². The van der Waals surface area contributed by atoms with Crippen LogP contribution >= 0.6 is 11.3 Å². The summed E-state index contributed by atoms with van der Waals surface area (Å²) in [5.74, 6) is -1.17. The molecule has 2 N–H and O–H groups in total. The Hall–Kier alpha value is -2.81. The molecule has 1 aromatic heterocycles. The summed E-state index contributed by atoms with van der Waals surface area (Å²) in [5.41, 5.74) is 0.374. The maximum absolute atomic E-state index is 13.2. The Kier molecular flexibility index (Phi) is 6.12. The molecular formula is C18H19FN4O3S. The number of nitrogens with one attached hydrogen (secondary N) is 2. The maximum atomic E-state index is 13.2. The van der Waals surface area contributed by atoms with Gasteiger partial charge >= 0.3 is 0 Å². The van der Waals surface area contributed by atoms with Crippen molar-refractivity contribution < 1.29 is 18.8 Å². The lowest BCUT2D eigenvalue weighted by atomic mass is 10.2. The largest absolute Gasteiger partial charge is 0.351 e. The van der Waals surface area contributed by atoms with Crippen LogP contribution in [0.4, 0.5) is 9.52 Å². The topological polar surface area (TPSA) is 91.4 Å². The highest BCUT2D eigenvalue weighted by Gasteiger charge is 2.19. The maximum Gasteiger partial charge on any atom is 0.270 e. The van der Waals surface area contributed by atoms with E-state index >= 15 is 0 Å². The summed E-state index contributed by atoms with van der Waals surface area (Å²) in [4.78, 5) is 41.6. The van der Waals surface area contributed by atoms with Gasteiger partial charge in [0.15, 0.2) is 5.13 Å². The predicted octanol–water partition coefficient (Wildman–Crippen LogP) is 2.28. The van der Waals surface area contributed by atoms with Crippen molar-refractivity contribution in [3.05, 3.63) is 46.7 Å². The van der Waals surface area contributed by atoms with E-state index in [0.29, 0.717) is 25.9 Å². The fourth-order valence-electron chi connectivity index (χ4n) is 2.74. The van der Waals surface area contributed by atoms with Crippen LogP contribution in [0.3, 0.4) is 0 Å². The molecule has 3 amide bonds. The molecule has 0 radical (unpaired) electrons. The molecule has 0 aliphatic carbocycles. The van der Waals surface area contributed by atoms with E-state index in [0.717, 1.165) is 30.4 Å². The van der Waals surface area contributed by atoms with Crippen LogP contribution in [-0.4, -0.2) is 47.2 Å². The van der Waals surface area contributed by atoms with Gasteiger partial charge < -0.3 is 10.2 Å². The Morgan fingerprint density at radius 1 is 1.30 bits per heavy atom. The molecule has 1 aliphatic rings. The minimum Gasteiger partial charge on any atom is -0.351 e. The third kappa shape index (κ3) is 5.10. The fourth-order valence-corrected chi connectivity index (χ4v) is 3.42. The number of benzene rings is 1. The van der Waals surface area contributed by atoms with Crippen LogP contribution in [0.2, 0.25) is 0 Å². The van der Waals surface area contributed by atoms with Crippen molar-refractivity contribution >= 4 is 34.2 Å². The SMILES string of the molecule is O=C(Nc1nc(C(=O)NCCCN2CCCC2=O)cs1)c1cccc(F)c1. The van der Waals surface area contributed by atoms with Crippen LogP contribution in [0.1, 0.15) is 40.1 Å². The Bertz CT molecular complexity index is 855. The molecule has 0 spiro atoms. The van der Waals surface area contributed by atoms with Gasteiger partial charge in [-0.25, -0.2) is 9.37 Å². The first kappa shape index (κ1) is 19.0. The minimum absolute atomic E-state index is 0.166. The lowest BCUT2D eigenvalue weighted by molar-refractivity contribution is -0.127. The van der Waals surface area contributed by atoms with Crippen molar-refractivity contribution in [1.29, 1.82) is 0 Å². The van der Waals surface area contributed by atoms with Crippen LogP contribution in [0.25, 0.3) is 0 Å². The number of halogens is 1. The molecule has 1 aliphatic heterocycles. The first-order valence-electron chi connectivity index (χ1n) is 8.61. The highest BCUT2D eigenvalue weighted by Crippen LogP contribution is 2.17. The van der Waals surface area contributed by atoms with Crippen LogP contribution < -0.4 is 10.6 Å². The highest BCUT2D eigenvalue weighted by molar-refractivity contribution is 7.14. The molecule has 0 bridgehead atoms. The first-order valence-corrected chi connectivity index (χ1v) is 9.49. The van der Waals surface area contributed by atoms with Crippen LogP contribution in [0.5, 0.6) is 0 Å². The second-order valence-corrected chi connectivity index (χ2v) is 6.95.